The highest BCUT2D eigenvalue weighted by atomic mass is 32.2. The van der Waals surface area contributed by atoms with E-state index in [-0.39, 0.29) is 4.90 Å². The van der Waals surface area contributed by atoms with Gasteiger partial charge in [-0.1, -0.05) is 26.0 Å². The molecule has 142 valence electrons. The number of benzene rings is 1. The number of hydrogen-bond acceptors (Lipinski definition) is 6. The van der Waals surface area contributed by atoms with Gasteiger partial charge in [0.25, 0.3) is 0 Å². The molecule has 1 heterocycles. The maximum Gasteiger partial charge on any atom is 0.238 e. The number of primary sulfonamides is 1. The molecule has 0 aliphatic heterocycles. The maximum atomic E-state index is 11.3. The van der Waals surface area contributed by atoms with Crippen LogP contribution in [0.2, 0.25) is 0 Å². The van der Waals surface area contributed by atoms with Crippen LogP contribution in [0.25, 0.3) is 0 Å². The van der Waals surface area contributed by atoms with Crippen LogP contribution in [-0.4, -0.2) is 31.5 Å². The van der Waals surface area contributed by atoms with E-state index in [0.29, 0.717) is 18.4 Å². The number of nitrogens with one attached hydrogen (secondary N) is 2. The van der Waals surface area contributed by atoms with Crippen LogP contribution in [0.15, 0.2) is 35.2 Å². The molecule has 0 radical (unpaired) electrons. The first-order valence-corrected chi connectivity index (χ1v) is 10.2. The van der Waals surface area contributed by atoms with E-state index >= 15 is 0 Å². The monoisotopic (exact) mass is 377 g/mol. The Balaban J connectivity index is 1.89. The fourth-order valence-electron chi connectivity index (χ4n) is 2.39. The van der Waals surface area contributed by atoms with Gasteiger partial charge in [-0.3, -0.25) is 0 Å². The molecule has 4 N–H and O–H groups in total. The van der Waals surface area contributed by atoms with Crippen molar-refractivity contribution < 1.29 is 8.42 Å². The minimum Gasteiger partial charge on any atom is -0.370 e. The third-order valence-electron chi connectivity index (χ3n) is 3.83. The number of anilines is 2. The molecule has 0 spiro atoms. The molecule has 2 rings (SSSR count). The molecule has 1 aromatic heterocycles. The quantitative estimate of drug-likeness (QED) is 0.619. The van der Waals surface area contributed by atoms with Gasteiger partial charge < -0.3 is 10.6 Å². The summed E-state index contributed by atoms with van der Waals surface area (Å²) in [4.78, 5) is 8.99. The molecule has 0 bridgehead atoms. The first kappa shape index (κ1) is 20.1. The van der Waals surface area contributed by atoms with Gasteiger partial charge in [0.15, 0.2) is 0 Å². The number of aromatic nitrogens is 2. The van der Waals surface area contributed by atoms with Crippen LogP contribution in [0.3, 0.4) is 0 Å². The summed E-state index contributed by atoms with van der Waals surface area (Å²) >= 11 is 0. The lowest BCUT2D eigenvalue weighted by atomic mass is 10.1. The molecule has 0 saturated carbocycles. The topological polar surface area (TPSA) is 110 Å². The molecule has 26 heavy (non-hydrogen) atoms. The molecule has 1 aromatic carbocycles. The van der Waals surface area contributed by atoms with E-state index in [4.69, 9.17) is 5.14 Å². The van der Waals surface area contributed by atoms with Crippen LogP contribution in [0, 0.1) is 12.8 Å². The SMILES string of the molecule is Cc1cc(NCCC(C)C)nc(NCCc2ccc(S(N)(=O)=O)cc2)n1. The summed E-state index contributed by atoms with van der Waals surface area (Å²) in [5.74, 6) is 2.04. The van der Waals surface area contributed by atoms with E-state index in [2.05, 4.69) is 34.4 Å². The number of hydrogen-bond donors (Lipinski definition) is 3. The molecule has 7 nitrogen and oxygen atoms in total. The highest BCUT2D eigenvalue weighted by Gasteiger charge is 2.07. The Bertz CT molecular complexity index is 820. The van der Waals surface area contributed by atoms with E-state index in [1.807, 2.05) is 13.0 Å². The zero-order valence-electron chi connectivity index (χ0n) is 15.5. The Hall–Kier alpha value is -2.19. The molecule has 0 amide bonds. The predicted molar refractivity (Wildman–Crippen MR) is 105 cm³/mol. The molecule has 0 atom stereocenters. The number of sulfonamides is 1. The highest BCUT2D eigenvalue weighted by Crippen LogP contribution is 2.12. The number of rotatable bonds is 9. The van der Waals surface area contributed by atoms with Gasteiger partial charge in [-0.15, -0.1) is 0 Å². The van der Waals surface area contributed by atoms with Crippen molar-refractivity contribution in [3.05, 3.63) is 41.6 Å². The smallest absolute Gasteiger partial charge is 0.238 e. The van der Waals surface area contributed by atoms with Crippen LogP contribution in [0.5, 0.6) is 0 Å². The summed E-state index contributed by atoms with van der Waals surface area (Å²) in [7, 11) is -3.65. The highest BCUT2D eigenvalue weighted by molar-refractivity contribution is 7.89. The normalized spacial score (nSPS) is 11.6. The largest absolute Gasteiger partial charge is 0.370 e. The second kappa shape index (κ2) is 8.95. The lowest BCUT2D eigenvalue weighted by molar-refractivity contribution is 0.597. The summed E-state index contributed by atoms with van der Waals surface area (Å²) in [6, 6.07) is 8.49. The number of nitrogens with zero attached hydrogens (tertiary/aromatic N) is 2. The minimum absolute atomic E-state index is 0.119. The van der Waals surface area contributed by atoms with Gasteiger partial charge in [-0.2, -0.15) is 4.98 Å². The molecule has 0 aliphatic rings. The van der Waals surface area contributed by atoms with Crippen molar-refractivity contribution in [3.8, 4) is 0 Å². The summed E-state index contributed by atoms with van der Waals surface area (Å²) in [6.07, 6.45) is 1.80. The lowest BCUT2D eigenvalue weighted by Gasteiger charge is -2.11. The standard InChI is InChI=1S/C18H27N5O2S/c1-13(2)8-10-20-17-12-14(3)22-18(23-17)21-11-9-15-4-6-16(7-5-15)26(19,24)25/h4-7,12-13H,8-11H2,1-3H3,(H2,19,24,25)(H2,20,21,22,23). The van der Waals surface area contributed by atoms with Gasteiger partial charge in [-0.25, -0.2) is 18.5 Å². The molecule has 0 saturated heterocycles. The van der Waals surface area contributed by atoms with Crippen molar-refractivity contribution in [1.29, 1.82) is 0 Å². The number of nitrogens with two attached hydrogens (primary N) is 1. The average molecular weight is 378 g/mol. The first-order valence-electron chi connectivity index (χ1n) is 8.69. The molecule has 2 aromatic rings. The Morgan fingerprint density at radius 2 is 1.77 bits per heavy atom. The van der Waals surface area contributed by atoms with Crippen molar-refractivity contribution in [1.82, 2.24) is 9.97 Å². The first-order chi connectivity index (χ1) is 12.2. The van der Waals surface area contributed by atoms with Crippen molar-refractivity contribution >= 4 is 21.8 Å². The molecular weight excluding hydrogens is 350 g/mol. The zero-order valence-corrected chi connectivity index (χ0v) is 16.3. The van der Waals surface area contributed by atoms with Gasteiger partial charge in [-0.05, 0) is 43.4 Å². The van der Waals surface area contributed by atoms with Crippen molar-refractivity contribution in [3.63, 3.8) is 0 Å². The molecule has 0 fully saturated rings. The van der Waals surface area contributed by atoms with Crippen LogP contribution < -0.4 is 15.8 Å². The average Bonchev–Trinajstić information content (AvgIpc) is 2.54. The van der Waals surface area contributed by atoms with Gasteiger partial charge in [0, 0.05) is 24.8 Å². The Labute approximate surface area is 155 Å². The summed E-state index contributed by atoms with van der Waals surface area (Å²) in [5.41, 5.74) is 1.90. The van der Waals surface area contributed by atoms with Crippen molar-refractivity contribution in [2.24, 2.45) is 11.1 Å². The van der Waals surface area contributed by atoms with Gasteiger partial charge in [0.2, 0.25) is 16.0 Å². The zero-order chi connectivity index (χ0) is 19.2. The molecular formula is C18H27N5O2S. The molecule has 0 aliphatic carbocycles. The predicted octanol–water partition coefficient (Wildman–Crippen LogP) is 2.55. The maximum absolute atomic E-state index is 11.3. The fourth-order valence-corrected chi connectivity index (χ4v) is 2.91. The third-order valence-corrected chi connectivity index (χ3v) is 4.76. The summed E-state index contributed by atoms with van der Waals surface area (Å²) in [5, 5.41) is 11.6. The van der Waals surface area contributed by atoms with E-state index in [1.165, 1.54) is 12.1 Å². The van der Waals surface area contributed by atoms with E-state index in [9.17, 15) is 8.42 Å². The van der Waals surface area contributed by atoms with E-state index in [1.54, 1.807) is 12.1 Å². The minimum atomic E-state index is -3.65. The van der Waals surface area contributed by atoms with Crippen LogP contribution in [0.4, 0.5) is 11.8 Å². The van der Waals surface area contributed by atoms with Crippen molar-refractivity contribution in [2.75, 3.05) is 23.7 Å². The van der Waals surface area contributed by atoms with E-state index < -0.39 is 10.0 Å². The van der Waals surface area contributed by atoms with Crippen LogP contribution in [0.1, 0.15) is 31.5 Å². The lowest BCUT2D eigenvalue weighted by Crippen LogP contribution is -2.13. The summed E-state index contributed by atoms with van der Waals surface area (Å²) < 4.78 is 22.5. The second-order valence-corrected chi connectivity index (χ2v) is 8.25. The molecule has 0 unspecified atom stereocenters. The Morgan fingerprint density at radius 3 is 2.38 bits per heavy atom. The Morgan fingerprint density at radius 1 is 1.08 bits per heavy atom. The summed E-state index contributed by atoms with van der Waals surface area (Å²) in [6.45, 7) is 7.84. The Kier molecular flexibility index (Phi) is 6.93. The second-order valence-electron chi connectivity index (χ2n) is 6.69. The van der Waals surface area contributed by atoms with Crippen molar-refractivity contribution in [2.45, 2.75) is 38.5 Å². The molecule has 8 heteroatoms. The fraction of sp³-hybridized carbons (Fsp3) is 0.444. The van der Waals surface area contributed by atoms with Gasteiger partial charge in [0.05, 0.1) is 4.90 Å². The van der Waals surface area contributed by atoms with Crippen LogP contribution >= 0.6 is 0 Å². The van der Waals surface area contributed by atoms with Gasteiger partial charge in [0.1, 0.15) is 5.82 Å². The van der Waals surface area contributed by atoms with E-state index in [0.717, 1.165) is 36.5 Å². The van der Waals surface area contributed by atoms with Crippen LogP contribution in [-0.2, 0) is 16.4 Å². The van der Waals surface area contributed by atoms with Gasteiger partial charge >= 0.3 is 0 Å². The number of aryl methyl sites for hydroxylation is 1. The third kappa shape index (κ3) is 6.61.